The van der Waals surface area contributed by atoms with Crippen LogP contribution < -0.4 is 0 Å². The number of aromatic nitrogens is 3. The van der Waals surface area contributed by atoms with E-state index in [1.54, 1.807) is 4.68 Å². The summed E-state index contributed by atoms with van der Waals surface area (Å²) in [5, 5.41) is 4.13. The molecule has 1 aromatic heterocycles. The fourth-order valence-corrected chi connectivity index (χ4v) is 1.93. The Morgan fingerprint density at radius 3 is 2.56 bits per heavy atom. The number of carbonyl (C=O) groups is 1. The van der Waals surface area contributed by atoms with E-state index in [0.29, 0.717) is 12.4 Å². The van der Waals surface area contributed by atoms with E-state index in [-0.39, 0.29) is 30.3 Å². The lowest BCUT2D eigenvalue weighted by molar-refractivity contribution is -0.132. The summed E-state index contributed by atoms with van der Waals surface area (Å²) < 4.78 is 7.29. The van der Waals surface area contributed by atoms with E-state index < -0.39 is 0 Å². The van der Waals surface area contributed by atoms with E-state index in [4.69, 9.17) is 4.74 Å². The van der Waals surface area contributed by atoms with Gasteiger partial charge in [-0.1, -0.05) is 13.8 Å². The van der Waals surface area contributed by atoms with Crippen molar-refractivity contribution in [2.75, 3.05) is 6.61 Å². The van der Waals surface area contributed by atoms with Gasteiger partial charge in [-0.25, -0.2) is 9.67 Å². The van der Waals surface area contributed by atoms with Gasteiger partial charge in [0.25, 0.3) is 0 Å². The molecule has 0 radical (unpaired) electrons. The largest absolute Gasteiger partial charge is 0.370 e. The Morgan fingerprint density at radius 2 is 2.06 bits per heavy atom. The molecular weight excluding hydrogens is 230 g/mol. The highest BCUT2D eigenvalue weighted by Crippen LogP contribution is 2.12. The van der Waals surface area contributed by atoms with Crippen molar-refractivity contribution in [1.29, 1.82) is 0 Å². The fraction of sp³-hybridized carbons (Fsp3) is 0.769. The Kier molecular flexibility index (Phi) is 5.47. The third-order valence-electron chi connectivity index (χ3n) is 2.74. The Balaban J connectivity index is 2.76. The van der Waals surface area contributed by atoms with Crippen LogP contribution in [-0.4, -0.2) is 33.3 Å². The van der Waals surface area contributed by atoms with Gasteiger partial charge in [-0.15, -0.1) is 0 Å². The average molecular weight is 253 g/mol. The van der Waals surface area contributed by atoms with E-state index >= 15 is 0 Å². The van der Waals surface area contributed by atoms with Crippen LogP contribution in [0.2, 0.25) is 0 Å². The summed E-state index contributed by atoms with van der Waals surface area (Å²) >= 11 is 0. The Labute approximate surface area is 109 Å². The van der Waals surface area contributed by atoms with E-state index in [9.17, 15) is 4.79 Å². The summed E-state index contributed by atoms with van der Waals surface area (Å²) in [4.78, 5) is 16.4. The molecule has 0 saturated carbocycles. The Morgan fingerprint density at radius 1 is 1.39 bits per heavy atom. The summed E-state index contributed by atoms with van der Waals surface area (Å²) in [6.07, 6.45) is 1.42. The minimum absolute atomic E-state index is 0.0711. The third-order valence-corrected chi connectivity index (χ3v) is 2.74. The molecule has 0 N–H and O–H groups in total. The molecule has 0 aliphatic heterocycles. The molecule has 0 amide bonds. The second kappa shape index (κ2) is 6.64. The molecule has 0 bridgehead atoms. The first-order valence-corrected chi connectivity index (χ1v) is 6.50. The van der Waals surface area contributed by atoms with E-state index in [1.165, 1.54) is 6.33 Å². The van der Waals surface area contributed by atoms with Crippen LogP contribution in [0.4, 0.5) is 0 Å². The predicted molar refractivity (Wildman–Crippen MR) is 69.4 cm³/mol. The first-order chi connectivity index (χ1) is 8.47. The molecule has 0 spiro atoms. The van der Waals surface area contributed by atoms with E-state index in [0.717, 1.165) is 0 Å². The number of carbonyl (C=O) groups excluding carboxylic acids is 1. The van der Waals surface area contributed by atoms with Crippen LogP contribution >= 0.6 is 0 Å². The van der Waals surface area contributed by atoms with Gasteiger partial charge in [-0.05, 0) is 26.7 Å². The molecular formula is C13H23N3O2. The quantitative estimate of drug-likeness (QED) is 0.746. The van der Waals surface area contributed by atoms with Gasteiger partial charge in [0.05, 0.1) is 6.42 Å². The second-order valence-electron chi connectivity index (χ2n) is 4.98. The highest BCUT2D eigenvalue weighted by atomic mass is 16.5. The molecule has 1 heterocycles. The molecule has 0 fully saturated rings. The lowest BCUT2D eigenvalue weighted by Crippen LogP contribution is -2.32. The number of nitrogens with zero attached hydrogens (tertiary/aromatic N) is 3. The number of rotatable bonds is 7. The maximum absolute atomic E-state index is 12.2. The van der Waals surface area contributed by atoms with Crippen LogP contribution in [0.15, 0.2) is 6.33 Å². The van der Waals surface area contributed by atoms with Crippen molar-refractivity contribution in [3.05, 3.63) is 12.2 Å². The SMILES string of the molecule is CCOC(C(=O)Cc1ncnn1C(C)C)C(C)C. The number of Topliss-reactive ketones (excluding diaryl/α,β-unsaturated/α-hetero) is 1. The minimum Gasteiger partial charge on any atom is -0.370 e. The molecule has 1 rings (SSSR count). The van der Waals surface area contributed by atoms with Gasteiger partial charge >= 0.3 is 0 Å². The van der Waals surface area contributed by atoms with Crippen molar-refractivity contribution in [1.82, 2.24) is 14.8 Å². The zero-order valence-electron chi connectivity index (χ0n) is 11.9. The second-order valence-corrected chi connectivity index (χ2v) is 4.98. The topological polar surface area (TPSA) is 57.0 Å². The zero-order valence-corrected chi connectivity index (χ0v) is 11.9. The van der Waals surface area contributed by atoms with Crippen LogP contribution in [0.3, 0.4) is 0 Å². The average Bonchev–Trinajstić information content (AvgIpc) is 2.73. The summed E-state index contributed by atoms with van der Waals surface area (Å²) in [7, 11) is 0. The van der Waals surface area contributed by atoms with Crippen LogP contribution in [0.1, 0.15) is 46.5 Å². The van der Waals surface area contributed by atoms with Crippen LogP contribution in [-0.2, 0) is 16.0 Å². The molecule has 0 saturated heterocycles. The molecule has 1 atom stereocenters. The first-order valence-electron chi connectivity index (χ1n) is 6.50. The van der Waals surface area contributed by atoms with Crippen molar-refractivity contribution in [2.24, 2.45) is 5.92 Å². The zero-order chi connectivity index (χ0) is 13.7. The van der Waals surface area contributed by atoms with Crippen molar-refractivity contribution in [3.63, 3.8) is 0 Å². The molecule has 5 nitrogen and oxygen atoms in total. The first kappa shape index (κ1) is 14.8. The van der Waals surface area contributed by atoms with E-state index in [1.807, 2.05) is 34.6 Å². The van der Waals surface area contributed by atoms with Crippen molar-refractivity contribution in [3.8, 4) is 0 Å². The summed E-state index contributed by atoms with van der Waals surface area (Å²) in [6, 6.07) is 0.208. The smallest absolute Gasteiger partial charge is 0.169 e. The molecule has 18 heavy (non-hydrogen) atoms. The minimum atomic E-state index is -0.354. The molecule has 0 aliphatic carbocycles. The van der Waals surface area contributed by atoms with Crippen molar-refractivity contribution >= 4 is 5.78 Å². The van der Waals surface area contributed by atoms with Crippen LogP contribution in [0.25, 0.3) is 0 Å². The number of ketones is 1. The van der Waals surface area contributed by atoms with Gasteiger partial charge in [-0.3, -0.25) is 4.79 Å². The highest BCUT2D eigenvalue weighted by Gasteiger charge is 2.24. The maximum Gasteiger partial charge on any atom is 0.169 e. The van der Waals surface area contributed by atoms with Gasteiger partial charge in [0.15, 0.2) is 5.78 Å². The van der Waals surface area contributed by atoms with Crippen LogP contribution in [0.5, 0.6) is 0 Å². The molecule has 0 aliphatic rings. The van der Waals surface area contributed by atoms with Gasteiger partial charge in [0, 0.05) is 12.6 Å². The number of hydrogen-bond acceptors (Lipinski definition) is 4. The predicted octanol–water partition coefficient (Wildman–Crippen LogP) is 2.03. The molecule has 1 unspecified atom stereocenters. The molecule has 0 aromatic carbocycles. The standard InChI is InChI=1S/C13H23N3O2/c1-6-18-13(9(2)3)11(17)7-12-14-8-15-16(12)10(4)5/h8-10,13H,6-7H2,1-5H3. The normalized spacial score (nSPS) is 13.3. The molecule has 102 valence electrons. The van der Waals surface area contributed by atoms with Gasteiger partial charge in [0.1, 0.15) is 18.3 Å². The van der Waals surface area contributed by atoms with Crippen molar-refractivity contribution in [2.45, 2.75) is 53.2 Å². The molecule has 5 heteroatoms. The number of ether oxygens (including phenoxy) is 1. The summed E-state index contributed by atoms with van der Waals surface area (Å²) in [5.74, 6) is 0.954. The highest BCUT2D eigenvalue weighted by molar-refractivity contribution is 5.84. The maximum atomic E-state index is 12.2. The third kappa shape index (κ3) is 3.63. The molecule has 1 aromatic rings. The Bertz CT molecular complexity index is 385. The van der Waals surface area contributed by atoms with Crippen molar-refractivity contribution < 1.29 is 9.53 Å². The fourth-order valence-electron chi connectivity index (χ4n) is 1.93. The van der Waals surface area contributed by atoms with Gasteiger partial charge in [-0.2, -0.15) is 5.10 Å². The van der Waals surface area contributed by atoms with E-state index in [2.05, 4.69) is 10.1 Å². The van der Waals surface area contributed by atoms with Crippen LogP contribution in [0, 0.1) is 5.92 Å². The monoisotopic (exact) mass is 253 g/mol. The number of hydrogen-bond donors (Lipinski definition) is 0. The van der Waals surface area contributed by atoms with Gasteiger partial charge < -0.3 is 4.74 Å². The van der Waals surface area contributed by atoms with Gasteiger partial charge in [0.2, 0.25) is 0 Å². The summed E-state index contributed by atoms with van der Waals surface area (Å²) in [5.41, 5.74) is 0. The Hall–Kier alpha value is -1.23. The lowest BCUT2D eigenvalue weighted by atomic mass is 10.0. The summed E-state index contributed by atoms with van der Waals surface area (Å²) in [6.45, 7) is 10.5. The lowest BCUT2D eigenvalue weighted by Gasteiger charge is -2.19.